The second-order valence-corrected chi connectivity index (χ2v) is 3.35. The van der Waals surface area contributed by atoms with E-state index in [0.29, 0.717) is 0 Å². The fourth-order valence-electron chi connectivity index (χ4n) is 1.36. The maximum atomic E-state index is 5.16. The Hall–Kier alpha value is -0.730. The predicted molar refractivity (Wildman–Crippen MR) is 67.1 cm³/mol. The molecule has 0 bridgehead atoms. The summed E-state index contributed by atoms with van der Waals surface area (Å²) in [5, 5.41) is 3.38. The molecule has 0 aliphatic carbocycles. The molecule has 0 aliphatic rings. The van der Waals surface area contributed by atoms with Gasteiger partial charge < -0.3 is 10.1 Å². The molecule has 86 valence electrons. The molecular formula is C12H20ClNO. The molecule has 0 unspecified atom stereocenters. The summed E-state index contributed by atoms with van der Waals surface area (Å²) >= 11 is 0. The van der Waals surface area contributed by atoms with Gasteiger partial charge in [-0.2, -0.15) is 0 Å². The van der Waals surface area contributed by atoms with E-state index in [0.717, 1.165) is 25.3 Å². The number of hydrogen-bond acceptors (Lipinski definition) is 2. The van der Waals surface area contributed by atoms with Gasteiger partial charge in [0.15, 0.2) is 0 Å². The number of methoxy groups -OCH3 is 1. The van der Waals surface area contributed by atoms with Crippen LogP contribution < -0.4 is 10.1 Å². The summed E-state index contributed by atoms with van der Waals surface area (Å²) < 4.78 is 5.16. The molecule has 0 aliphatic heterocycles. The fourth-order valence-corrected chi connectivity index (χ4v) is 1.36. The van der Waals surface area contributed by atoms with Crippen LogP contribution in [-0.2, 0) is 6.42 Å². The van der Waals surface area contributed by atoms with E-state index in [9.17, 15) is 0 Å². The van der Waals surface area contributed by atoms with Crippen molar-refractivity contribution in [2.75, 3.05) is 20.2 Å². The quantitative estimate of drug-likeness (QED) is 0.758. The number of hydrogen-bond donors (Lipinski definition) is 1. The first-order chi connectivity index (χ1) is 6.86. The molecule has 15 heavy (non-hydrogen) atoms. The smallest absolute Gasteiger partial charge is 0.119 e. The molecule has 0 heterocycles. The Kier molecular flexibility index (Phi) is 8.15. The number of halogens is 1. The number of nitrogens with one attached hydrogen (secondary N) is 1. The molecule has 0 aromatic heterocycles. The minimum absolute atomic E-state index is 0. The normalized spacial score (nSPS) is 9.47. The Labute approximate surface area is 98.4 Å². The fraction of sp³-hybridized carbons (Fsp3) is 0.500. The Morgan fingerprint density at radius 1 is 1.27 bits per heavy atom. The lowest BCUT2D eigenvalue weighted by atomic mass is 10.1. The van der Waals surface area contributed by atoms with E-state index in [1.165, 1.54) is 12.0 Å². The second-order valence-electron chi connectivity index (χ2n) is 3.35. The molecule has 2 nitrogen and oxygen atoms in total. The van der Waals surface area contributed by atoms with Gasteiger partial charge in [0.25, 0.3) is 0 Å². The summed E-state index contributed by atoms with van der Waals surface area (Å²) in [4.78, 5) is 0. The maximum Gasteiger partial charge on any atom is 0.119 e. The molecule has 0 saturated heterocycles. The summed E-state index contributed by atoms with van der Waals surface area (Å²) in [6.07, 6.45) is 2.26. The largest absolute Gasteiger partial charge is 0.497 e. The van der Waals surface area contributed by atoms with Crippen LogP contribution in [0, 0.1) is 0 Å². The molecular weight excluding hydrogens is 210 g/mol. The van der Waals surface area contributed by atoms with Crippen molar-refractivity contribution in [1.29, 1.82) is 0 Å². The molecule has 1 aromatic carbocycles. The van der Waals surface area contributed by atoms with Crippen molar-refractivity contribution in [3.63, 3.8) is 0 Å². The van der Waals surface area contributed by atoms with Gasteiger partial charge >= 0.3 is 0 Å². The van der Waals surface area contributed by atoms with E-state index in [1.807, 2.05) is 12.1 Å². The van der Waals surface area contributed by atoms with Crippen LogP contribution in [0.15, 0.2) is 24.3 Å². The van der Waals surface area contributed by atoms with Gasteiger partial charge in [0.1, 0.15) is 5.75 Å². The standard InChI is InChI=1S/C12H19NO.ClH/c1-3-8-13-9-7-11-5-4-6-12(10-11)14-2;/h4-6,10,13H,3,7-9H2,1-2H3;1H. The van der Waals surface area contributed by atoms with E-state index in [-0.39, 0.29) is 12.4 Å². The van der Waals surface area contributed by atoms with Crippen molar-refractivity contribution in [3.05, 3.63) is 29.8 Å². The maximum absolute atomic E-state index is 5.16. The van der Waals surface area contributed by atoms with Crippen LogP contribution in [-0.4, -0.2) is 20.2 Å². The van der Waals surface area contributed by atoms with Gasteiger partial charge in [-0.3, -0.25) is 0 Å². The zero-order chi connectivity index (χ0) is 10.2. The molecule has 1 rings (SSSR count). The summed E-state index contributed by atoms with van der Waals surface area (Å²) in [5.41, 5.74) is 1.33. The van der Waals surface area contributed by atoms with Crippen LogP contribution in [0.2, 0.25) is 0 Å². The van der Waals surface area contributed by atoms with E-state index < -0.39 is 0 Å². The second kappa shape index (κ2) is 8.57. The lowest BCUT2D eigenvalue weighted by Crippen LogP contribution is -2.17. The number of benzene rings is 1. The van der Waals surface area contributed by atoms with E-state index >= 15 is 0 Å². The molecule has 0 fully saturated rings. The predicted octanol–water partition coefficient (Wildman–Crippen LogP) is 2.66. The summed E-state index contributed by atoms with van der Waals surface area (Å²) in [7, 11) is 1.70. The third-order valence-corrected chi connectivity index (χ3v) is 2.15. The Morgan fingerprint density at radius 3 is 2.73 bits per heavy atom. The van der Waals surface area contributed by atoms with Gasteiger partial charge in [-0.25, -0.2) is 0 Å². The molecule has 0 atom stereocenters. The van der Waals surface area contributed by atoms with Crippen LogP contribution in [0.3, 0.4) is 0 Å². The van der Waals surface area contributed by atoms with Crippen molar-refractivity contribution in [1.82, 2.24) is 5.32 Å². The van der Waals surface area contributed by atoms with Gasteiger partial charge in [-0.05, 0) is 43.6 Å². The van der Waals surface area contributed by atoms with E-state index in [1.54, 1.807) is 7.11 Å². The van der Waals surface area contributed by atoms with Crippen molar-refractivity contribution in [2.45, 2.75) is 19.8 Å². The number of rotatable bonds is 6. The van der Waals surface area contributed by atoms with Crippen molar-refractivity contribution >= 4 is 12.4 Å². The summed E-state index contributed by atoms with van der Waals surface area (Å²) in [5.74, 6) is 0.943. The highest BCUT2D eigenvalue weighted by atomic mass is 35.5. The first-order valence-corrected chi connectivity index (χ1v) is 5.20. The highest BCUT2D eigenvalue weighted by Gasteiger charge is 1.94. The van der Waals surface area contributed by atoms with Crippen LogP contribution in [0.5, 0.6) is 5.75 Å². The molecule has 3 heteroatoms. The van der Waals surface area contributed by atoms with Crippen molar-refractivity contribution < 1.29 is 4.74 Å². The van der Waals surface area contributed by atoms with E-state index in [2.05, 4.69) is 24.4 Å². The molecule has 0 spiro atoms. The van der Waals surface area contributed by atoms with Crippen LogP contribution in [0.25, 0.3) is 0 Å². The van der Waals surface area contributed by atoms with Crippen molar-refractivity contribution in [3.8, 4) is 5.75 Å². The zero-order valence-corrected chi connectivity index (χ0v) is 10.3. The lowest BCUT2D eigenvalue weighted by Gasteiger charge is -2.05. The summed E-state index contributed by atoms with van der Waals surface area (Å²) in [6, 6.07) is 8.24. The van der Waals surface area contributed by atoms with Crippen molar-refractivity contribution in [2.24, 2.45) is 0 Å². The SMILES string of the molecule is CCCNCCc1cccc(OC)c1.Cl. The zero-order valence-electron chi connectivity index (χ0n) is 9.45. The minimum Gasteiger partial charge on any atom is -0.497 e. The Bertz CT molecular complexity index is 266. The molecule has 0 amide bonds. The van der Waals surface area contributed by atoms with Gasteiger partial charge in [-0.1, -0.05) is 19.1 Å². The average molecular weight is 230 g/mol. The molecule has 0 radical (unpaired) electrons. The third-order valence-electron chi connectivity index (χ3n) is 2.15. The molecule has 1 N–H and O–H groups in total. The van der Waals surface area contributed by atoms with Gasteiger partial charge in [0.05, 0.1) is 7.11 Å². The Balaban J connectivity index is 0.00000196. The first kappa shape index (κ1) is 14.3. The van der Waals surface area contributed by atoms with Crippen LogP contribution in [0.4, 0.5) is 0 Å². The van der Waals surface area contributed by atoms with E-state index in [4.69, 9.17) is 4.74 Å². The average Bonchev–Trinajstić information content (AvgIpc) is 2.25. The van der Waals surface area contributed by atoms with Gasteiger partial charge in [-0.15, -0.1) is 12.4 Å². The highest BCUT2D eigenvalue weighted by Crippen LogP contribution is 2.12. The lowest BCUT2D eigenvalue weighted by molar-refractivity contribution is 0.414. The molecule has 1 aromatic rings. The monoisotopic (exact) mass is 229 g/mol. The summed E-state index contributed by atoms with van der Waals surface area (Å²) in [6.45, 7) is 4.32. The highest BCUT2D eigenvalue weighted by molar-refractivity contribution is 5.85. The first-order valence-electron chi connectivity index (χ1n) is 5.20. The van der Waals surface area contributed by atoms with Gasteiger partial charge in [0.2, 0.25) is 0 Å². The third kappa shape index (κ3) is 5.65. The van der Waals surface area contributed by atoms with Crippen LogP contribution >= 0.6 is 12.4 Å². The minimum atomic E-state index is 0. The topological polar surface area (TPSA) is 21.3 Å². The number of ether oxygens (including phenoxy) is 1. The van der Waals surface area contributed by atoms with Gasteiger partial charge in [0, 0.05) is 0 Å². The van der Waals surface area contributed by atoms with Crippen LogP contribution in [0.1, 0.15) is 18.9 Å². The Morgan fingerprint density at radius 2 is 2.07 bits per heavy atom. The molecule has 0 saturated carbocycles.